The first-order valence-electron chi connectivity index (χ1n) is 3.52. The number of carbonyl (C=O) groups excluding carboxylic acids is 1. The van der Waals surface area contributed by atoms with Gasteiger partial charge in [0, 0.05) is 19.8 Å². The Morgan fingerprint density at radius 1 is 1.55 bits per heavy atom. The van der Waals surface area contributed by atoms with Crippen LogP contribution in [0.25, 0.3) is 0 Å². The normalized spacial score (nSPS) is 15.9. The second-order valence-electron chi connectivity index (χ2n) is 2.55. The first kappa shape index (κ1) is 6.39. The maximum absolute atomic E-state index is 10.8. The van der Waals surface area contributed by atoms with Crippen molar-refractivity contribution in [1.82, 2.24) is 4.98 Å². The van der Waals surface area contributed by atoms with Gasteiger partial charge in [0.1, 0.15) is 5.76 Å². The third-order valence-corrected chi connectivity index (χ3v) is 1.64. The lowest BCUT2D eigenvalue weighted by Gasteiger charge is -2.07. The number of anilines is 1. The average Bonchev–Trinajstić information content (AvgIpc) is 2.27. The third kappa shape index (κ3) is 1.00. The number of carbonyl (C=O) groups is 1. The lowest BCUT2D eigenvalue weighted by molar-refractivity contribution is -0.116. The highest BCUT2D eigenvalue weighted by atomic mass is 16.4. The summed E-state index contributed by atoms with van der Waals surface area (Å²) < 4.78 is 5.23. The molecule has 1 aliphatic heterocycles. The molecule has 2 rings (SSSR count). The van der Waals surface area contributed by atoms with Crippen LogP contribution in [0.15, 0.2) is 4.42 Å². The van der Waals surface area contributed by atoms with Gasteiger partial charge in [0.05, 0.1) is 0 Å². The quantitative estimate of drug-likeness (QED) is 0.600. The van der Waals surface area contributed by atoms with Crippen molar-refractivity contribution in [3.8, 4) is 0 Å². The number of rotatable bonds is 0. The number of fused-ring (bicyclic) bond motifs is 1. The van der Waals surface area contributed by atoms with Gasteiger partial charge in [-0.25, -0.2) is 0 Å². The van der Waals surface area contributed by atoms with E-state index >= 15 is 0 Å². The first-order chi connectivity index (χ1) is 5.25. The lowest BCUT2D eigenvalue weighted by atomic mass is 10.2. The third-order valence-electron chi connectivity index (χ3n) is 1.64. The standard InChI is InChI=1S/C7H8N2O2/c1-4-8-7-5(11-4)2-3-6(10)9-7/h2-3H2,1H3,(H,9,10). The van der Waals surface area contributed by atoms with E-state index < -0.39 is 0 Å². The van der Waals surface area contributed by atoms with Crippen molar-refractivity contribution in [1.29, 1.82) is 0 Å². The first-order valence-corrected chi connectivity index (χ1v) is 3.52. The van der Waals surface area contributed by atoms with Gasteiger partial charge >= 0.3 is 0 Å². The van der Waals surface area contributed by atoms with E-state index in [0.717, 1.165) is 5.76 Å². The fraction of sp³-hybridized carbons (Fsp3) is 0.429. The van der Waals surface area contributed by atoms with Crippen LogP contribution in [0.1, 0.15) is 18.1 Å². The molecule has 0 unspecified atom stereocenters. The van der Waals surface area contributed by atoms with Crippen molar-refractivity contribution >= 4 is 11.7 Å². The zero-order valence-corrected chi connectivity index (χ0v) is 6.18. The Morgan fingerprint density at radius 2 is 2.36 bits per heavy atom. The van der Waals surface area contributed by atoms with Crippen molar-refractivity contribution in [2.75, 3.05) is 5.32 Å². The molecule has 4 heteroatoms. The average molecular weight is 152 g/mol. The number of hydrogen-bond acceptors (Lipinski definition) is 3. The summed E-state index contributed by atoms with van der Waals surface area (Å²) in [5.41, 5.74) is 0. The fourth-order valence-corrected chi connectivity index (χ4v) is 1.16. The Hall–Kier alpha value is -1.32. The summed E-state index contributed by atoms with van der Waals surface area (Å²) in [4.78, 5) is 14.8. The van der Waals surface area contributed by atoms with Crippen LogP contribution in [0.3, 0.4) is 0 Å². The molecule has 0 bridgehead atoms. The van der Waals surface area contributed by atoms with E-state index in [4.69, 9.17) is 4.42 Å². The Balaban J connectivity index is 2.41. The molecule has 11 heavy (non-hydrogen) atoms. The fourth-order valence-electron chi connectivity index (χ4n) is 1.16. The molecule has 1 aliphatic rings. The highest BCUT2D eigenvalue weighted by Crippen LogP contribution is 2.21. The molecule has 58 valence electrons. The summed E-state index contributed by atoms with van der Waals surface area (Å²) in [5.74, 6) is 2.02. The summed E-state index contributed by atoms with van der Waals surface area (Å²) in [5, 5.41) is 2.64. The van der Waals surface area contributed by atoms with Crippen molar-refractivity contribution in [3.63, 3.8) is 0 Å². The molecule has 1 aromatic rings. The van der Waals surface area contributed by atoms with Crippen LogP contribution >= 0.6 is 0 Å². The summed E-state index contributed by atoms with van der Waals surface area (Å²) in [7, 11) is 0. The molecule has 0 aromatic carbocycles. The molecule has 0 spiro atoms. The highest BCUT2D eigenvalue weighted by Gasteiger charge is 2.19. The van der Waals surface area contributed by atoms with Crippen LogP contribution in [0, 0.1) is 6.92 Å². The van der Waals surface area contributed by atoms with Gasteiger partial charge in [-0.3, -0.25) is 4.79 Å². The van der Waals surface area contributed by atoms with Gasteiger partial charge in [-0.15, -0.1) is 0 Å². The van der Waals surface area contributed by atoms with Crippen LogP contribution in [0.5, 0.6) is 0 Å². The zero-order chi connectivity index (χ0) is 7.84. The van der Waals surface area contributed by atoms with Gasteiger partial charge < -0.3 is 9.73 Å². The van der Waals surface area contributed by atoms with E-state index in [9.17, 15) is 4.79 Å². The largest absolute Gasteiger partial charge is 0.444 e. The topological polar surface area (TPSA) is 55.1 Å². The number of nitrogens with one attached hydrogen (secondary N) is 1. The van der Waals surface area contributed by atoms with Crippen LogP contribution in [0.4, 0.5) is 5.82 Å². The van der Waals surface area contributed by atoms with Gasteiger partial charge in [0.15, 0.2) is 11.7 Å². The van der Waals surface area contributed by atoms with Crippen molar-refractivity contribution < 1.29 is 9.21 Å². The lowest BCUT2D eigenvalue weighted by Crippen LogP contribution is -2.18. The van der Waals surface area contributed by atoms with Crippen molar-refractivity contribution in [2.24, 2.45) is 0 Å². The molecule has 0 radical (unpaired) electrons. The number of nitrogens with zero attached hydrogens (tertiary/aromatic N) is 1. The van der Waals surface area contributed by atoms with Crippen LogP contribution in [-0.4, -0.2) is 10.9 Å². The summed E-state index contributed by atoms with van der Waals surface area (Å²) >= 11 is 0. The number of aromatic nitrogens is 1. The molecule has 0 saturated carbocycles. The van der Waals surface area contributed by atoms with E-state index in [0.29, 0.717) is 24.6 Å². The molecule has 0 saturated heterocycles. The minimum Gasteiger partial charge on any atom is -0.444 e. The molecule has 2 heterocycles. The SMILES string of the molecule is Cc1nc2c(o1)CCC(=O)N2. The summed E-state index contributed by atoms with van der Waals surface area (Å²) in [6.45, 7) is 1.77. The van der Waals surface area contributed by atoms with E-state index in [1.807, 2.05) is 0 Å². The molecule has 0 aliphatic carbocycles. The van der Waals surface area contributed by atoms with Crippen molar-refractivity contribution in [3.05, 3.63) is 11.7 Å². The molecule has 1 aromatic heterocycles. The van der Waals surface area contributed by atoms with Gasteiger partial charge in [0.25, 0.3) is 0 Å². The van der Waals surface area contributed by atoms with Gasteiger partial charge in [-0.2, -0.15) is 4.98 Å². The van der Waals surface area contributed by atoms with E-state index in [-0.39, 0.29) is 5.91 Å². The van der Waals surface area contributed by atoms with Gasteiger partial charge in [-0.1, -0.05) is 0 Å². The van der Waals surface area contributed by atoms with E-state index in [2.05, 4.69) is 10.3 Å². The van der Waals surface area contributed by atoms with E-state index in [1.54, 1.807) is 6.92 Å². The molecule has 1 N–H and O–H groups in total. The Bertz CT molecular complexity index is 303. The highest BCUT2D eigenvalue weighted by molar-refractivity contribution is 5.92. The second kappa shape index (κ2) is 2.08. The van der Waals surface area contributed by atoms with Crippen molar-refractivity contribution in [2.45, 2.75) is 19.8 Å². The minimum atomic E-state index is 0.0193. The Kier molecular flexibility index (Phi) is 1.21. The molecular weight excluding hydrogens is 144 g/mol. The maximum Gasteiger partial charge on any atom is 0.226 e. The molecule has 4 nitrogen and oxygen atoms in total. The zero-order valence-electron chi connectivity index (χ0n) is 6.18. The van der Waals surface area contributed by atoms with Crippen LogP contribution in [-0.2, 0) is 11.2 Å². The monoisotopic (exact) mass is 152 g/mol. The van der Waals surface area contributed by atoms with Gasteiger partial charge in [-0.05, 0) is 0 Å². The number of oxazole rings is 1. The number of hydrogen-bond donors (Lipinski definition) is 1. The molecule has 0 atom stereocenters. The molecule has 0 fully saturated rings. The Morgan fingerprint density at radius 3 is 3.18 bits per heavy atom. The smallest absolute Gasteiger partial charge is 0.226 e. The maximum atomic E-state index is 10.8. The molecule has 1 amide bonds. The van der Waals surface area contributed by atoms with Crippen LogP contribution < -0.4 is 5.32 Å². The van der Waals surface area contributed by atoms with Crippen LogP contribution in [0.2, 0.25) is 0 Å². The second-order valence-corrected chi connectivity index (χ2v) is 2.55. The van der Waals surface area contributed by atoms with Gasteiger partial charge in [0.2, 0.25) is 5.91 Å². The summed E-state index contributed by atoms with van der Waals surface area (Å²) in [6, 6.07) is 0. The van der Waals surface area contributed by atoms with E-state index in [1.165, 1.54) is 0 Å². The number of amides is 1. The molecular formula is C7H8N2O2. The summed E-state index contributed by atoms with van der Waals surface area (Å²) in [6.07, 6.45) is 1.17. The minimum absolute atomic E-state index is 0.0193. The number of aryl methyl sites for hydroxylation is 2. The Labute approximate surface area is 63.6 Å². The predicted molar refractivity (Wildman–Crippen MR) is 38.2 cm³/mol. The predicted octanol–water partition coefficient (Wildman–Crippen LogP) is 0.868.